The Morgan fingerprint density at radius 3 is 2.31 bits per heavy atom. The molecule has 4 aromatic rings. The number of anilines is 1. The van der Waals surface area contributed by atoms with Gasteiger partial charge in [-0.05, 0) is 48.5 Å². The first-order valence-electron chi connectivity index (χ1n) is 8.83. The highest BCUT2D eigenvalue weighted by Crippen LogP contribution is 2.25. The molecule has 0 aliphatic heterocycles. The number of sulfone groups is 1. The van der Waals surface area contributed by atoms with E-state index in [4.69, 9.17) is 0 Å². The standard InChI is InChI=1S/C22H17N3O3S/c1-29(27,28)17-8-6-16(7-9-17)24-22(26)19-14-21(15-10-12-23-13-11-15)25-20-5-3-2-4-18(19)20/h2-14H,1H3,(H,24,26). The molecule has 0 saturated carbocycles. The van der Waals surface area contributed by atoms with Crippen molar-refractivity contribution >= 4 is 32.3 Å². The molecule has 144 valence electrons. The van der Waals surface area contributed by atoms with E-state index in [0.29, 0.717) is 22.5 Å². The summed E-state index contributed by atoms with van der Waals surface area (Å²) in [5.74, 6) is -0.300. The lowest BCUT2D eigenvalue weighted by molar-refractivity contribution is 0.102. The highest BCUT2D eigenvalue weighted by molar-refractivity contribution is 7.90. The second-order valence-electron chi connectivity index (χ2n) is 6.56. The first kappa shape index (κ1) is 18.8. The van der Waals surface area contributed by atoms with Crippen molar-refractivity contribution in [3.63, 3.8) is 0 Å². The molecular formula is C22H17N3O3S. The molecule has 29 heavy (non-hydrogen) atoms. The van der Waals surface area contributed by atoms with Gasteiger partial charge in [-0.2, -0.15) is 0 Å². The van der Waals surface area contributed by atoms with Crippen LogP contribution in [0.1, 0.15) is 10.4 Å². The number of para-hydroxylation sites is 1. The van der Waals surface area contributed by atoms with E-state index in [0.717, 1.165) is 17.2 Å². The van der Waals surface area contributed by atoms with Crippen LogP contribution in [0.3, 0.4) is 0 Å². The average Bonchev–Trinajstić information content (AvgIpc) is 2.73. The van der Waals surface area contributed by atoms with Crippen molar-refractivity contribution in [2.75, 3.05) is 11.6 Å². The number of nitrogens with zero attached hydrogens (tertiary/aromatic N) is 2. The van der Waals surface area contributed by atoms with E-state index in [1.807, 2.05) is 36.4 Å². The van der Waals surface area contributed by atoms with Crippen LogP contribution in [0.15, 0.2) is 84.0 Å². The summed E-state index contributed by atoms with van der Waals surface area (Å²) >= 11 is 0. The maximum Gasteiger partial charge on any atom is 0.256 e. The molecule has 1 N–H and O–H groups in total. The number of aromatic nitrogens is 2. The molecule has 0 aliphatic carbocycles. The summed E-state index contributed by atoms with van der Waals surface area (Å²) in [6, 6.07) is 18.9. The van der Waals surface area contributed by atoms with E-state index in [-0.39, 0.29) is 10.8 Å². The van der Waals surface area contributed by atoms with Gasteiger partial charge in [0, 0.05) is 35.3 Å². The van der Waals surface area contributed by atoms with Gasteiger partial charge in [0.2, 0.25) is 0 Å². The van der Waals surface area contributed by atoms with Gasteiger partial charge in [0.15, 0.2) is 9.84 Å². The summed E-state index contributed by atoms with van der Waals surface area (Å²) in [5.41, 5.74) is 3.23. The zero-order chi connectivity index (χ0) is 20.4. The second kappa shape index (κ2) is 7.44. The number of hydrogen-bond acceptors (Lipinski definition) is 5. The largest absolute Gasteiger partial charge is 0.322 e. The number of benzene rings is 2. The monoisotopic (exact) mass is 403 g/mol. The van der Waals surface area contributed by atoms with Gasteiger partial charge < -0.3 is 5.32 Å². The Kier molecular flexibility index (Phi) is 4.82. The lowest BCUT2D eigenvalue weighted by Gasteiger charge is -2.11. The Labute approximate surface area is 168 Å². The number of pyridine rings is 2. The summed E-state index contributed by atoms with van der Waals surface area (Å²) in [6.45, 7) is 0. The van der Waals surface area contributed by atoms with Crippen molar-refractivity contribution in [3.8, 4) is 11.3 Å². The lowest BCUT2D eigenvalue weighted by Crippen LogP contribution is -2.13. The minimum atomic E-state index is -3.29. The number of carbonyl (C=O) groups excluding carboxylic acids is 1. The summed E-state index contributed by atoms with van der Waals surface area (Å²) in [7, 11) is -3.29. The van der Waals surface area contributed by atoms with E-state index >= 15 is 0 Å². The Hall–Kier alpha value is -3.58. The number of rotatable bonds is 4. The molecule has 4 rings (SSSR count). The molecule has 0 atom stereocenters. The minimum Gasteiger partial charge on any atom is -0.322 e. The molecule has 7 heteroatoms. The van der Waals surface area contributed by atoms with Gasteiger partial charge in [0.05, 0.1) is 21.7 Å². The van der Waals surface area contributed by atoms with Crippen LogP contribution in [-0.4, -0.2) is 30.5 Å². The van der Waals surface area contributed by atoms with E-state index in [2.05, 4.69) is 15.3 Å². The maximum absolute atomic E-state index is 13.0. The molecule has 0 radical (unpaired) electrons. The average molecular weight is 403 g/mol. The van der Waals surface area contributed by atoms with E-state index in [1.165, 1.54) is 12.1 Å². The molecule has 1 amide bonds. The molecule has 0 unspecified atom stereocenters. The molecule has 0 fully saturated rings. The van der Waals surface area contributed by atoms with Crippen molar-refractivity contribution in [1.29, 1.82) is 0 Å². The molecule has 2 aromatic carbocycles. The van der Waals surface area contributed by atoms with Gasteiger partial charge in [-0.1, -0.05) is 18.2 Å². The van der Waals surface area contributed by atoms with Crippen molar-refractivity contribution in [2.45, 2.75) is 4.90 Å². The quantitative estimate of drug-likeness (QED) is 0.557. The van der Waals surface area contributed by atoms with Crippen LogP contribution in [-0.2, 0) is 9.84 Å². The van der Waals surface area contributed by atoms with Crippen molar-refractivity contribution < 1.29 is 13.2 Å². The minimum absolute atomic E-state index is 0.199. The van der Waals surface area contributed by atoms with Gasteiger partial charge in [0.25, 0.3) is 5.91 Å². The van der Waals surface area contributed by atoms with Crippen LogP contribution in [0.4, 0.5) is 5.69 Å². The molecule has 2 aromatic heterocycles. The van der Waals surface area contributed by atoms with Gasteiger partial charge >= 0.3 is 0 Å². The van der Waals surface area contributed by atoms with E-state index in [9.17, 15) is 13.2 Å². The highest BCUT2D eigenvalue weighted by atomic mass is 32.2. The first-order chi connectivity index (χ1) is 13.9. The Balaban J connectivity index is 1.73. The van der Waals surface area contributed by atoms with Crippen LogP contribution < -0.4 is 5.32 Å². The van der Waals surface area contributed by atoms with Crippen molar-refractivity contribution in [3.05, 3.63) is 84.7 Å². The van der Waals surface area contributed by atoms with E-state index < -0.39 is 9.84 Å². The lowest BCUT2D eigenvalue weighted by atomic mass is 10.0. The SMILES string of the molecule is CS(=O)(=O)c1ccc(NC(=O)c2cc(-c3ccncc3)nc3ccccc23)cc1. The molecule has 2 heterocycles. The molecule has 0 bridgehead atoms. The molecule has 0 aliphatic rings. The third-order valence-electron chi connectivity index (χ3n) is 4.48. The molecular weight excluding hydrogens is 386 g/mol. The summed E-state index contributed by atoms with van der Waals surface area (Å²) in [6.07, 6.45) is 4.49. The Bertz CT molecular complexity index is 1300. The number of amides is 1. The van der Waals surface area contributed by atoms with E-state index in [1.54, 1.807) is 30.6 Å². The summed E-state index contributed by atoms with van der Waals surface area (Å²) in [4.78, 5) is 21.9. The van der Waals surface area contributed by atoms with Crippen LogP contribution >= 0.6 is 0 Å². The zero-order valence-corrected chi connectivity index (χ0v) is 16.3. The number of fused-ring (bicyclic) bond motifs is 1. The third-order valence-corrected chi connectivity index (χ3v) is 5.61. The van der Waals surface area contributed by atoms with Gasteiger partial charge in [-0.3, -0.25) is 9.78 Å². The molecule has 6 nitrogen and oxygen atoms in total. The number of nitrogens with one attached hydrogen (secondary N) is 1. The van der Waals surface area contributed by atoms with Crippen LogP contribution in [0.25, 0.3) is 22.2 Å². The fourth-order valence-electron chi connectivity index (χ4n) is 3.02. The van der Waals surface area contributed by atoms with Crippen LogP contribution in [0.2, 0.25) is 0 Å². The molecule has 0 spiro atoms. The normalized spacial score (nSPS) is 11.3. The van der Waals surface area contributed by atoms with Gasteiger partial charge in [0.1, 0.15) is 0 Å². The van der Waals surface area contributed by atoms with Crippen LogP contribution in [0.5, 0.6) is 0 Å². The van der Waals surface area contributed by atoms with Gasteiger partial charge in [-0.15, -0.1) is 0 Å². The smallest absolute Gasteiger partial charge is 0.256 e. The topological polar surface area (TPSA) is 89.0 Å². The Morgan fingerprint density at radius 2 is 1.62 bits per heavy atom. The number of hydrogen-bond donors (Lipinski definition) is 1. The fourth-order valence-corrected chi connectivity index (χ4v) is 3.65. The molecule has 0 saturated heterocycles. The first-order valence-corrected chi connectivity index (χ1v) is 10.7. The third kappa shape index (κ3) is 4.00. The predicted octanol–water partition coefficient (Wildman–Crippen LogP) is 3.95. The summed E-state index contributed by atoms with van der Waals surface area (Å²) < 4.78 is 23.2. The predicted molar refractivity (Wildman–Crippen MR) is 112 cm³/mol. The fraction of sp³-hybridized carbons (Fsp3) is 0.0455. The highest BCUT2D eigenvalue weighted by Gasteiger charge is 2.15. The summed E-state index contributed by atoms with van der Waals surface area (Å²) in [5, 5.41) is 3.57. The second-order valence-corrected chi connectivity index (χ2v) is 8.57. The maximum atomic E-state index is 13.0. The van der Waals surface area contributed by atoms with Crippen molar-refractivity contribution in [2.24, 2.45) is 0 Å². The number of carbonyl (C=O) groups is 1. The van der Waals surface area contributed by atoms with Crippen molar-refractivity contribution in [1.82, 2.24) is 9.97 Å². The Morgan fingerprint density at radius 1 is 0.931 bits per heavy atom. The van der Waals surface area contributed by atoms with Crippen LogP contribution in [0, 0.1) is 0 Å². The zero-order valence-electron chi connectivity index (χ0n) is 15.5. The van der Waals surface area contributed by atoms with Gasteiger partial charge in [-0.25, -0.2) is 13.4 Å².